The third-order valence-corrected chi connectivity index (χ3v) is 4.07. The van der Waals surface area contributed by atoms with Crippen LogP contribution in [0.4, 0.5) is 0 Å². The lowest BCUT2D eigenvalue weighted by molar-refractivity contribution is -0.160. The Morgan fingerprint density at radius 1 is 1.47 bits per heavy atom. The molecular weight excluding hydrogens is 236 g/mol. The molecule has 1 N–H and O–H groups in total. The molecule has 0 saturated heterocycles. The van der Waals surface area contributed by atoms with Crippen LogP contribution in [0.5, 0.6) is 0 Å². The third kappa shape index (κ3) is 3.07. The fourth-order valence-corrected chi connectivity index (χ4v) is 2.64. The van der Waals surface area contributed by atoms with Crippen LogP contribution >= 0.6 is 11.3 Å². The summed E-state index contributed by atoms with van der Waals surface area (Å²) in [5.41, 5.74) is -0.911. The summed E-state index contributed by atoms with van der Waals surface area (Å²) in [4.78, 5) is 13.8. The number of ether oxygens (including phenoxy) is 1. The molecule has 0 aromatic carbocycles. The molecule has 1 atom stereocenters. The van der Waals surface area contributed by atoms with E-state index >= 15 is 0 Å². The Balaban J connectivity index is 2.87. The normalized spacial score (nSPS) is 13.5. The van der Waals surface area contributed by atoms with Crippen molar-refractivity contribution in [1.29, 1.82) is 0 Å². The predicted octanol–water partition coefficient (Wildman–Crippen LogP) is 2.93. The predicted molar refractivity (Wildman–Crippen MR) is 69.1 cm³/mol. The number of hydrogen-bond acceptors (Lipinski definition) is 4. The second kappa shape index (κ2) is 5.65. The van der Waals surface area contributed by atoms with E-state index in [0.717, 1.165) is 11.3 Å². The van der Waals surface area contributed by atoms with Crippen molar-refractivity contribution in [3.63, 3.8) is 0 Å². The molecule has 3 nitrogen and oxygen atoms in total. The van der Waals surface area contributed by atoms with Crippen molar-refractivity contribution in [3.8, 4) is 0 Å². The Morgan fingerprint density at radius 3 is 2.59 bits per heavy atom. The Bertz CT molecular complexity index is 382. The molecule has 0 saturated carbocycles. The summed E-state index contributed by atoms with van der Waals surface area (Å²) < 4.78 is 4.99. The van der Waals surface area contributed by atoms with E-state index in [-0.39, 0.29) is 5.97 Å². The number of aliphatic hydroxyl groups is 1. The van der Waals surface area contributed by atoms with Crippen LogP contribution in [-0.2, 0) is 16.0 Å². The molecule has 96 valence electrons. The zero-order valence-electron chi connectivity index (χ0n) is 10.8. The van der Waals surface area contributed by atoms with Gasteiger partial charge in [-0.25, -0.2) is 0 Å². The van der Waals surface area contributed by atoms with Crippen LogP contribution in [0.3, 0.4) is 0 Å². The maximum Gasteiger partial charge on any atom is 0.314 e. The molecule has 0 fully saturated rings. The summed E-state index contributed by atoms with van der Waals surface area (Å²) in [6, 6.07) is 3.87. The van der Waals surface area contributed by atoms with Gasteiger partial charge in [0.05, 0.1) is 12.0 Å². The molecule has 1 aromatic heterocycles. The van der Waals surface area contributed by atoms with Crippen molar-refractivity contribution >= 4 is 17.3 Å². The molecule has 0 aliphatic heterocycles. The lowest BCUT2D eigenvalue weighted by Gasteiger charge is -2.27. The average Bonchev–Trinajstić information content (AvgIpc) is 2.76. The highest BCUT2D eigenvalue weighted by atomic mass is 32.1. The molecule has 0 spiro atoms. The van der Waals surface area contributed by atoms with Gasteiger partial charge in [0.2, 0.25) is 0 Å². The van der Waals surface area contributed by atoms with Crippen molar-refractivity contribution in [2.75, 3.05) is 6.61 Å². The number of carbonyl (C=O) groups is 1. The number of aliphatic hydroxyl groups excluding tert-OH is 1. The number of esters is 1. The lowest BCUT2D eigenvalue weighted by Crippen LogP contribution is -2.32. The summed E-state index contributed by atoms with van der Waals surface area (Å²) in [5.74, 6) is -0.362. The second-order valence-corrected chi connectivity index (χ2v) is 5.70. The van der Waals surface area contributed by atoms with Gasteiger partial charge in [-0.15, -0.1) is 11.3 Å². The highest BCUT2D eigenvalue weighted by Gasteiger charge is 2.38. The maximum atomic E-state index is 11.8. The molecule has 0 radical (unpaired) electrons. The quantitative estimate of drug-likeness (QED) is 0.824. The molecule has 1 aromatic rings. The summed E-state index contributed by atoms with van der Waals surface area (Å²) >= 11 is 1.55. The zero-order chi connectivity index (χ0) is 13.1. The molecule has 1 heterocycles. The van der Waals surface area contributed by atoms with E-state index in [4.69, 9.17) is 4.74 Å². The van der Waals surface area contributed by atoms with Crippen molar-refractivity contribution < 1.29 is 14.6 Å². The van der Waals surface area contributed by atoms with Gasteiger partial charge in [-0.2, -0.15) is 0 Å². The molecule has 0 aliphatic carbocycles. The third-order valence-electron chi connectivity index (χ3n) is 2.79. The van der Waals surface area contributed by atoms with Gasteiger partial charge in [0.15, 0.2) is 0 Å². The van der Waals surface area contributed by atoms with Crippen LogP contribution in [0.1, 0.15) is 43.6 Å². The van der Waals surface area contributed by atoms with Crippen molar-refractivity contribution in [2.24, 2.45) is 5.41 Å². The highest BCUT2D eigenvalue weighted by molar-refractivity contribution is 7.12. The van der Waals surface area contributed by atoms with Crippen molar-refractivity contribution in [2.45, 2.75) is 40.2 Å². The zero-order valence-corrected chi connectivity index (χ0v) is 11.6. The summed E-state index contributed by atoms with van der Waals surface area (Å²) in [5, 5.41) is 10.3. The Labute approximate surface area is 106 Å². The molecule has 0 amide bonds. The molecule has 4 heteroatoms. The van der Waals surface area contributed by atoms with Crippen LogP contribution in [0.2, 0.25) is 0 Å². The smallest absolute Gasteiger partial charge is 0.314 e. The van der Waals surface area contributed by atoms with Gasteiger partial charge in [0.1, 0.15) is 6.10 Å². The van der Waals surface area contributed by atoms with Crippen LogP contribution in [0.25, 0.3) is 0 Å². The van der Waals surface area contributed by atoms with Gasteiger partial charge in [-0.1, -0.05) is 6.92 Å². The van der Waals surface area contributed by atoms with Gasteiger partial charge in [-0.3, -0.25) is 4.79 Å². The van der Waals surface area contributed by atoms with Crippen molar-refractivity contribution in [1.82, 2.24) is 0 Å². The molecule has 1 unspecified atom stereocenters. The van der Waals surface area contributed by atoms with Gasteiger partial charge in [0.25, 0.3) is 0 Å². The average molecular weight is 256 g/mol. The number of thiophene rings is 1. The minimum atomic E-state index is -0.911. The van der Waals surface area contributed by atoms with Crippen LogP contribution < -0.4 is 0 Å². The highest BCUT2D eigenvalue weighted by Crippen LogP contribution is 2.37. The topological polar surface area (TPSA) is 46.5 Å². The standard InChI is InChI=1S/C13H20O3S/c1-5-9-7-8-10(17-9)11(14)13(3,4)12(15)16-6-2/h7-8,11,14H,5-6H2,1-4H3. The summed E-state index contributed by atoms with van der Waals surface area (Å²) in [7, 11) is 0. The van der Waals surface area contributed by atoms with Crippen LogP contribution in [0, 0.1) is 5.41 Å². The van der Waals surface area contributed by atoms with E-state index in [1.165, 1.54) is 4.88 Å². The van der Waals surface area contributed by atoms with Gasteiger partial charge < -0.3 is 9.84 Å². The molecule has 0 aliphatic rings. The number of hydrogen-bond donors (Lipinski definition) is 1. The van der Waals surface area contributed by atoms with Crippen LogP contribution in [0.15, 0.2) is 12.1 Å². The lowest BCUT2D eigenvalue weighted by atomic mass is 9.86. The Kier molecular flexibility index (Phi) is 4.71. The second-order valence-electron chi connectivity index (χ2n) is 4.50. The number of rotatable bonds is 5. The SMILES string of the molecule is CCOC(=O)C(C)(C)C(O)c1ccc(CC)s1. The minimum absolute atomic E-state index is 0.333. The van der Waals surface area contributed by atoms with Gasteiger partial charge in [0, 0.05) is 9.75 Å². The first-order valence-electron chi connectivity index (χ1n) is 5.87. The Hall–Kier alpha value is -0.870. The first-order valence-corrected chi connectivity index (χ1v) is 6.69. The Morgan fingerprint density at radius 2 is 2.12 bits per heavy atom. The largest absolute Gasteiger partial charge is 0.465 e. The minimum Gasteiger partial charge on any atom is -0.465 e. The fourth-order valence-electron chi connectivity index (χ4n) is 1.52. The molecular formula is C13H20O3S. The van der Waals surface area contributed by atoms with E-state index in [1.807, 2.05) is 12.1 Å². The fraction of sp³-hybridized carbons (Fsp3) is 0.615. The number of aryl methyl sites for hydroxylation is 1. The van der Waals surface area contributed by atoms with E-state index in [1.54, 1.807) is 32.1 Å². The van der Waals surface area contributed by atoms with E-state index < -0.39 is 11.5 Å². The van der Waals surface area contributed by atoms with Gasteiger partial charge in [-0.05, 0) is 39.3 Å². The first-order chi connectivity index (χ1) is 7.93. The molecule has 0 bridgehead atoms. The van der Waals surface area contributed by atoms with E-state index in [2.05, 4.69) is 6.92 Å². The molecule has 1 rings (SSSR count). The van der Waals surface area contributed by atoms with Crippen LogP contribution in [-0.4, -0.2) is 17.7 Å². The molecule has 17 heavy (non-hydrogen) atoms. The number of carbonyl (C=O) groups excluding carboxylic acids is 1. The van der Waals surface area contributed by atoms with E-state index in [9.17, 15) is 9.90 Å². The summed E-state index contributed by atoms with van der Waals surface area (Å²) in [6.45, 7) is 7.58. The van der Waals surface area contributed by atoms with Gasteiger partial charge >= 0.3 is 5.97 Å². The monoisotopic (exact) mass is 256 g/mol. The first kappa shape index (κ1) is 14.2. The van der Waals surface area contributed by atoms with E-state index in [0.29, 0.717) is 6.61 Å². The maximum absolute atomic E-state index is 11.8. The van der Waals surface area contributed by atoms with Crippen molar-refractivity contribution in [3.05, 3.63) is 21.9 Å². The summed E-state index contributed by atoms with van der Waals surface area (Å²) in [6.07, 6.45) is 0.129.